The van der Waals surface area contributed by atoms with Crippen molar-refractivity contribution in [3.63, 3.8) is 0 Å². The topological polar surface area (TPSA) is 110 Å². The second-order valence-corrected chi connectivity index (χ2v) is 12.4. The molecule has 3 fully saturated rings. The van der Waals surface area contributed by atoms with Gasteiger partial charge >= 0.3 is 0 Å². The largest absolute Gasteiger partial charge is 0.381 e. The molecule has 2 saturated heterocycles. The zero-order chi connectivity index (χ0) is 29.8. The van der Waals surface area contributed by atoms with Gasteiger partial charge in [-0.1, -0.05) is 36.4 Å². The van der Waals surface area contributed by atoms with E-state index in [1.54, 1.807) is 6.20 Å². The van der Waals surface area contributed by atoms with E-state index in [-0.39, 0.29) is 23.7 Å². The lowest BCUT2D eigenvalue weighted by atomic mass is 9.91. The van der Waals surface area contributed by atoms with Crippen LogP contribution in [-0.2, 0) is 17.6 Å². The maximum Gasteiger partial charge on any atom is 0.269 e. The van der Waals surface area contributed by atoms with Crippen LogP contribution in [0.3, 0.4) is 0 Å². The number of carbonyl (C=O) groups excluding carboxylic acids is 2. The minimum absolute atomic E-state index is 0.0190. The molecule has 8 nitrogen and oxygen atoms in total. The molecule has 2 atom stereocenters. The molecule has 3 aromatic rings. The summed E-state index contributed by atoms with van der Waals surface area (Å²) in [6, 6.07) is 17.0. The number of nitrogens with zero attached hydrogens (tertiary/aromatic N) is 3. The Morgan fingerprint density at radius 2 is 1.60 bits per heavy atom. The van der Waals surface area contributed by atoms with Crippen LogP contribution in [0, 0.1) is 0 Å². The summed E-state index contributed by atoms with van der Waals surface area (Å²) in [5.74, 6) is 1.38. The molecule has 226 valence electrons. The predicted molar refractivity (Wildman–Crippen MR) is 168 cm³/mol. The third-order valence-electron chi connectivity index (χ3n) is 9.44. The molecule has 0 radical (unpaired) electrons. The summed E-state index contributed by atoms with van der Waals surface area (Å²) in [4.78, 5) is 36.9. The van der Waals surface area contributed by atoms with Gasteiger partial charge in [0.15, 0.2) is 0 Å². The van der Waals surface area contributed by atoms with Gasteiger partial charge in [0.2, 0.25) is 0 Å². The van der Waals surface area contributed by atoms with E-state index >= 15 is 0 Å². The number of primary amides is 1. The Labute approximate surface area is 254 Å². The molecular weight excluding hydrogens is 538 g/mol. The van der Waals surface area contributed by atoms with Gasteiger partial charge in [-0.2, -0.15) is 0 Å². The number of aryl methyl sites for hydroxylation is 2. The number of hydrogen-bond acceptors (Lipinski definition) is 6. The van der Waals surface area contributed by atoms with Gasteiger partial charge in [-0.3, -0.25) is 9.59 Å². The first-order chi connectivity index (χ1) is 21.0. The van der Waals surface area contributed by atoms with Crippen molar-refractivity contribution in [1.29, 1.82) is 0 Å². The number of rotatable bonds is 10. The van der Waals surface area contributed by atoms with Gasteiger partial charge in [-0.15, -0.1) is 0 Å². The van der Waals surface area contributed by atoms with Gasteiger partial charge in [0.1, 0.15) is 11.5 Å². The Bertz CT molecular complexity index is 1410. The molecule has 6 rings (SSSR count). The number of hydrogen-bond donors (Lipinski definition) is 2. The Hall–Kier alpha value is -3.78. The van der Waals surface area contributed by atoms with Gasteiger partial charge in [0.25, 0.3) is 11.8 Å². The molecule has 2 aromatic carbocycles. The molecule has 3 N–H and O–H groups in total. The molecule has 0 spiro atoms. The van der Waals surface area contributed by atoms with Gasteiger partial charge < -0.3 is 20.7 Å². The maximum absolute atomic E-state index is 13.1. The second kappa shape index (κ2) is 13.2. The van der Waals surface area contributed by atoms with Crippen molar-refractivity contribution in [3.05, 3.63) is 88.4 Å². The molecule has 3 heterocycles. The van der Waals surface area contributed by atoms with Crippen molar-refractivity contribution in [2.24, 2.45) is 5.73 Å². The summed E-state index contributed by atoms with van der Waals surface area (Å²) >= 11 is 0. The van der Waals surface area contributed by atoms with Gasteiger partial charge in [0, 0.05) is 37.4 Å². The van der Waals surface area contributed by atoms with Crippen LogP contribution in [0.2, 0.25) is 0 Å². The molecule has 43 heavy (non-hydrogen) atoms. The summed E-state index contributed by atoms with van der Waals surface area (Å²) in [7, 11) is 0. The fraction of sp³-hybridized carbons (Fsp3) is 0.486. The average molecular weight is 582 g/mol. The lowest BCUT2D eigenvalue weighted by Gasteiger charge is -2.40. The molecule has 1 aromatic heterocycles. The van der Waals surface area contributed by atoms with Gasteiger partial charge in [0.05, 0.1) is 11.9 Å². The third-order valence-corrected chi connectivity index (χ3v) is 9.44. The zero-order valence-electron chi connectivity index (χ0n) is 25.1. The zero-order valence-corrected chi connectivity index (χ0v) is 25.1. The van der Waals surface area contributed by atoms with E-state index < -0.39 is 5.91 Å². The molecule has 2 amide bonds. The van der Waals surface area contributed by atoms with Crippen LogP contribution in [-0.4, -0.2) is 53.6 Å². The molecular formula is C35H43N5O3. The quantitative estimate of drug-likeness (QED) is 0.336. The average Bonchev–Trinajstić information content (AvgIpc) is 3.89. The number of ether oxygens (including phenoxy) is 1. The van der Waals surface area contributed by atoms with Crippen molar-refractivity contribution in [3.8, 4) is 0 Å². The highest BCUT2D eigenvalue weighted by atomic mass is 16.5. The van der Waals surface area contributed by atoms with Crippen LogP contribution in [0.4, 0.5) is 5.82 Å². The molecule has 1 saturated carbocycles. The number of amides is 2. The van der Waals surface area contributed by atoms with E-state index in [0.717, 1.165) is 64.1 Å². The monoisotopic (exact) mass is 581 g/mol. The Balaban J connectivity index is 1.09. The highest BCUT2D eigenvalue weighted by Gasteiger charge is 2.31. The molecule has 2 aliphatic heterocycles. The summed E-state index contributed by atoms with van der Waals surface area (Å²) in [6.45, 7) is 4.62. The summed E-state index contributed by atoms with van der Waals surface area (Å²) in [6.07, 6.45) is 10.5. The number of carbonyl (C=O) groups is 2. The number of benzene rings is 2. The Morgan fingerprint density at radius 3 is 2.28 bits per heavy atom. The number of piperidine rings is 1. The third kappa shape index (κ3) is 7.07. The van der Waals surface area contributed by atoms with E-state index in [4.69, 9.17) is 15.5 Å². The van der Waals surface area contributed by atoms with Crippen molar-refractivity contribution in [1.82, 2.24) is 15.3 Å². The first-order valence-corrected chi connectivity index (χ1v) is 16.0. The van der Waals surface area contributed by atoms with E-state index in [2.05, 4.69) is 58.5 Å². The Kier molecular flexibility index (Phi) is 9.03. The first-order valence-electron chi connectivity index (χ1n) is 16.0. The molecule has 1 aliphatic carbocycles. The van der Waals surface area contributed by atoms with E-state index in [9.17, 15) is 9.59 Å². The predicted octanol–water partition coefficient (Wildman–Crippen LogP) is 5.31. The van der Waals surface area contributed by atoms with Gasteiger partial charge in [-0.05, 0) is 105 Å². The van der Waals surface area contributed by atoms with Crippen LogP contribution in [0.15, 0.2) is 54.7 Å². The van der Waals surface area contributed by atoms with Crippen LogP contribution >= 0.6 is 0 Å². The first kappa shape index (κ1) is 29.3. The standard InChI is InChI=1S/C35H43N5O3/c1-23-30(39-35(42)29-15-13-27(14-16-29)26-11-12-26)6-3-19-40(23)32-22-37-33(34(36)41)31(38-32)5-2-4-24-7-9-25(10-8-24)28-17-20-43-21-18-28/h7-10,13-16,22-23,26,28,30H,2-6,11-12,17-21H2,1H3,(H2,36,41)(H,39,42)/t23-,30-/m1/s1. The highest BCUT2D eigenvalue weighted by molar-refractivity contribution is 5.94. The van der Waals surface area contributed by atoms with Crippen LogP contribution in [0.5, 0.6) is 0 Å². The van der Waals surface area contributed by atoms with Crippen LogP contribution in [0.25, 0.3) is 0 Å². The number of nitrogens with two attached hydrogens (primary N) is 1. The summed E-state index contributed by atoms with van der Waals surface area (Å²) in [5.41, 5.74) is 11.2. The lowest BCUT2D eigenvalue weighted by Crippen LogP contribution is -2.54. The summed E-state index contributed by atoms with van der Waals surface area (Å²) in [5, 5.41) is 3.26. The SMILES string of the molecule is C[C@@H]1[C@H](NC(=O)c2ccc(C3CC3)cc2)CCCN1c1cnc(C(N)=O)c(CCCc2ccc(C3CCOCC3)cc2)n1. The molecule has 3 aliphatic rings. The van der Waals surface area contributed by atoms with E-state index in [1.165, 1.54) is 29.5 Å². The number of anilines is 1. The summed E-state index contributed by atoms with van der Waals surface area (Å²) < 4.78 is 5.50. The minimum Gasteiger partial charge on any atom is -0.381 e. The fourth-order valence-electron chi connectivity index (χ4n) is 6.62. The Morgan fingerprint density at radius 1 is 0.930 bits per heavy atom. The van der Waals surface area contributed by atoms with Gasteiger partial charge in [-0.25, -0.2) is 9.97 Å². The number of nitrogens with one attached hydrogen (secondary N) is 1. The normalized spacial score (nSPS) is 21.0. The van der Waals surface area contributed by atoms with Crippen molar-refractivity contribution >= 4 is 17.6 Å². The van der Waals surface area contributed by atoms with Crippen molar-refractivity contribution in [2.45, 2.75) is 88.6 Å². The fourth-order valence-corrected chi connectivity index (χ4v) is 6.62. The lowest BCUT2D eigenvalue weighted by molar-refractivity contribution is 0.0853. The smallest absolute Gasteiger partial charge is 0.269 e. The molecule has 0 bridgehead atoms. The maximum atomic E-state index is 13.1. The number of aromatic nitrogens is 2. The van der Waals surface area contributed by atoms with E-state index in [1.807, 2.05) is 12.1 Å². The second-order valence-electron chi connectivity index (χ2n) is 12.4. The van der Waals surface area contributed by atoms with Crippen molar-refractivity contribution in [2.75, 3.05) is 24.7 Å². The highest BCUT2D eigenvalue weighted by Crippen LogP contribution is 2.40. The van der Waals surface area contributed by atoms with Crippen LogP contribution in [0.1, 0.15) is 107 Å². The molecule has 8 heteroatoms. The van der Waals surface area contributed by atoms with Crippen molar-refractivity contribution < 1.29 is 14.3 Å². The van der Waals surface area contributed by atoms with E-state index in [0.29, 0.717) is 29.5 Å². The minimum atomic E-state index is -0.556. The van der Waals surface area contributed by atoms with Crippen LogP contribution < -0.4 is 16.0 Å². The molecule has 0 unspecified atom stereocenters.